The van der Waals surface area contributed by atoms with Gasteiger partial charge in [-0.3, -0.25) is 15.1 Å². The third kappa shape index (κ3) is 2.95. The SMILES string of the molecule is CCCN(Cc1c(C(=O)NN)sc2ccccc12)C1CC1. The van der Waals surface area contributed by atoms with Gasteiger partial charge in [0.15, 0.2) is 0 Å². The fraction of sp³-hybridized carbons (Fsp3) is 0.438. The molecule has 3 N–H and O–H groups in total. The highest BCUT2D eigenvalue weighted by atomic mass is 32.1. The van der Waals surface area contributed by atoms with Crippen LogP contribution in [0.5, 0.6) is 0 Å². The molecule has 1 aliphatic rings. The van der Waals surface area contributed by atoms with Gasteiger partial charge < -0.3 is 0 Å². The number of fused-ring (bicyclic) bond motifs is 1. The lowest BCUT2D eigenvalue weighted by molar-refractivity contribution is 0.0955. The van der Waals surface area contributed by atoms with E-state index in [1.165, 1.54) is 29.6 Å². The Morgan fingerprint density at radius 1 is 1.43 bits per heavy atom. The van der Waals surface area contributed by atoms with E-state index in [1.807, 2.05) is 12.1 Å². The summed E-state index contributed by atoms with van der Waals surface area (Å²) in [4.78, 5) is 15.3. The van der Waals surface area contributed by atoms with Crippen molar-refractivity contribution in [3.8, 4) is 0 Å². The van der Waals surface area contributed by atoms with Crippen LogP contribution in [0.2, 0.25) is 0 Å². The van der Waals surface area contributed by atoms with Crippen LogP contribution in [0.15, 0.2) is 24.3 Å². The van der Waals surface area contributed by atoms with Gasteiger partial charge in [-0.25, -0.2) is 5.84 Å². The largest absolute Gasteiger partial charge is 0.296 e. The second-order valence-electron chi connectivity index (χ2n) is 5.58. The number of carbonyl (C=O) groups excluding carboxylic acids is 1. The molecule has 0 aliphatic heterocycles. The number of carbonyl (C=O) groups is 1. The number of nitrogens with two attached hydrogens (primary N) is 1. The van der Waals surface area contributed by atoms with E-state index >= 15 is 0 Å². The number of nitrogens with one attached hydrogen (secondary N) is 1. The number of thiophene rings is 1. The third-order valence-electron chi connectivity index (χ3n) is 3.97. The maximum atomic E-state index is 12.1. The Labute approximate surface area is 128 Å². The number of hydrazine groups is 1. The summed E-state index contributed by atoms with van der Waals surface area (Å²) >= 11 is 1.53. The third-order valence-corrected chi connectivity index (χ3v) is 5.18. The molecule has 4 nitrogen and oxygen atoms in total. The zero-order valence-electron chi connectivity index (χ0n) is 12.3. The average Bonchev–Trinajstić information content (AvgIpc) is 3.29. The molecule has 1 fully saturated rings. The van der Waals surface area contributed by atoms with Gasteiger partial charge in [-0.1, -0.05) is 25.1 Å². The van der Waals surface area contributed by atoms with Gasteiger partial charge in [-0.05, 0) is 42.8 Å². The standard InChI is InChI=1S/C16H21N3OS/c1-2-9-19(11-7-8-11)10-13-12-5-3-4-6-14(12)21-15(13)16(20)18-17/h3-6,11H,2,7-10,17H2,1H3,(H,18,20). The summed E-state index contributed by atoms with van der Waals surface area (Å²) in [5, 5.41) is 1.18. The van der Waals surface area contributed by atoms with Gasteiger partial charge in [0.25, 0.3) is 5.91 Å². The van der Waals surface area contributed by atoms with Crippen molar-refractivity contribution in [1.82, 2.24) is 10.3 Å². The summed E-state index contributed by atoms with van der Waals surface area (Å²) in [5.74, 6) is 5.17. The second kappa shape index (κ2) is 6.13. The molecular formula is C16H21N3OS. The molecule has 112 valence electrons. The maximum Gasteiger partial charge on any atom is 0.275 e. The number of benzene rings is 1. The highest BCUT2D eigenvalue weighted by Crippen LogP contribution is 2.35. The number of nitrogen functional groups attached to an aromatic ring is 1. The van der Waals surface area contributed by atoms with Crippen LogP contribution in [0.1, 0.15) is 41.4 Å². The molecule has 1 saturated carbocycles. The zero-order chi connectivity index (χ0) is 14.8. The van der Waals surface area contributed by atoms with Crippen molar-refractivity contribution in [3.05, 3.63) is 34.7 Å². The lowest BCUT2D eigenvalue weighted by Gasteiger charge is -2.21. The number of amides is 1. The van der Waals surface area contributed by atoms with Crippen LogP contribution < -0.4 is 11.3 Å². The van der Waals surface area contributed by atoms with E-state index in [2.05, 4.69) is 29.4 Å². The fourth-order valence-corrected chi connectivity index (χ4v) is 3.94. The molecule has 3 rings (SSSR count). The number of hydrogen-bond acceptors (Lipinski definition) is 4. The Morgan fingerprint density at radius 2 is 2.19 bits per heavy atom. The molecule has 1 heterocycles. The first kappa shape index (κ1) is 14.5. The summed E-state index contributed by atoms with van der Waals surface area (Å²) in [6, 6.07) is 8.91. The minimum Gasteiger partial charge on any atom is -0.296 e. The fourth-order valence-electron chi connectivity index (χ4n) is 2.83. The van der Waals surface area contributed by atoms with Gasteiger partial charge in [0.1, 0.15) is 0 Å². The zero-order valence-corrected chi connectivity index (χ0v) is 13.1. The number of nitrogens with zero attached hydrogens (tertiary/aromatic N) is 1. The van der Waals surface area contributed by atoms with Crippen molar-refractivity contribution in [2.24, 2.45) is 5.84 Å². The quantitative estimate of drug-likeness (QED) is 0.490. The minimum atomic E-state index is -0.182. The monoisotopic (exact) mass is 303 g/mol. The van der Waals surface area contributed by atoms with Crippen LogP contribution in [-0.4, -0.2) is 23.4 Å². The Kier molecular flexibility index (Phi) is 4.24. The van der Waals surface area contributed by atoms with Gasteiger partial charge in [0, 0.05) is 17.3 Å². The topological polar surface area (TPSA) is 58.4 Å². The van der Waals surface area contributed by atoms with Crippen molar-refractivity contribution in [3.63, 3.8) is 0 Å². The molecule has 21 heavy (non-hydrogen) atoms. The van der Waals surface area contributed by atoms with E-state index in [0.29, 0.717) is 6.04 Å². The summed E-state index contributed by atoms with van der Waals surface area (Å²) in [6.07, 6.45) is 3.69. The highest BCUT2D eigenvalue weighted by Gasteiger charge is 2.30. The molecule has 0 saturated heterocycles. The van der Waals surface area contributed by atoms with Crippen molar-refractivity contribution >= 4 is 27.3 Å². The number of rotatable bonds is 6. The Morgan fingerprint density at radius 3 is 2.86 bits per heavy atom. The molecule has 5 heteroatoms. The molecule has 0 bridgehead atoms. The lowest BCUT2D eigenvalue weighted by Crippen LogP contribution is -2.31. The van der Waals surface area contributed by atoms with E-state index in [-0.39, 0.29) is 5.91 Å². The van der Waals surface area contributed by atoms with Gasteiger partial charge in [0.2, 0.25) is 0 Å². The van der Waals surface area contributed by atoms with Crippen molar-refractivity contribution in [2.75, 3.05) is 6.54 Å². The smallest absolute Gasteiger partial charge is 0.275 e. The first-order valence-corrected chi connectivity index (χ1v) is 8.31. The Balaban J connectivity index is 1.99. The van der Waals surface area contributed by atoms with E-state index in [4.69, 9.17) is 5.84 Å². The Bertz CT molecular complexity index is 648. The molecular weight excluding hydrogens is 282 g/mol. The summed E-state index contributed by atoms with van der Waals surface area (Å²) in [7, 11) is 0. The lowest BCUT2D eigenvalue weighted by atomic mass is 10.1. The van der Waals surface area contributed by atoms with E-state index in [0.717, 1.165) is 34.7 Å². The highest BCUT2D eigenvalue weighted by molar-refractivity contribution is 7.21. The normalized spacial score (nSPS) is 14.8. The van der Waals surface area contributed by atoms with E-state index < -0.39 is 0 Å². The van der Waals surface area contributed by atoms with Crippen LogP contribution in [0.3, 0.4) is 0 Å². The van der Waals surface area contributed by atoms with Crippen LogP contribution in [0.25, 0.3) is 10.1 Å². The van der Waals surface area contributed by atoms with Crippen LogP contribution >= 0.6 is 11.3 Å². The first-order valence-electron chi connectivity index (χ1n) is 7.50. The van der Waals surface area contributed by atoms with Crippen molar-refractivity contribution < 1.29 is 4.79 Å². The van der Waals surface area contributed by atoms with Crippen molar-refractivity contribution in [1.29, 1.82) is 0 Å². The van der Waals surface area contributed by atoms with E-state index in [1.54, 1.807) is 0 Å². The van der Waals surface area contributed by atoms with Gasteiger partial charge in [-0.2, -0.15) is 0 Å². The number of hydrogen-bond donors (Lipinski definition) is 2. The Hall–Kier alpha value is -1.43. The molecule has 0 spiro atoms. The molecule has 1 amide bonds. The van der Waals surface area contributed by atoms with E-state index in [9.17, 15) is 4.79 Å². The molecule has 1 aromatic heterocycles. The first-order chi connectivity index (χ1) is 10.2. The summed E-state index contributed by atoms with van der Waals surface area (Å²) in [6.45, 7) is 4.12. The van der Waals surface area contributed by atoms with Gasteiger partial charge >= 0.3 is 0 Å². The molecule has 1 aliphatic carbocycles. The predicted molar refractivity (Wildman–Crippen MR) is 87.2 cm³/mol. The minimum absolute atomic E-state index is 0.182. The summed E-state index contributed by atoms with van der Waals surface area (Å²) in [5.41, 5.74) is 3.41. The summed E-state index contributed by atoms with van der Waals surface area (Å²) < 4.78 is 1.15. The van der Waals surface area contributed by atoms with Crippen molar-refractivity contribution in [2.45, 2.75) is 38.8 Å². The van der Waals surface area contributed by atoms with Crippen LogP contribution in [-0.2, 0) is 6.54 Å². The predicted octanol–water partition coefficient (Wildman–Crippen LogP) is 2.88. The molecule has 2 aromatic rings. The average molecular weight is 303 g/mol. The second-order valence-corrected chi connectivity index (χ2v) is 6.63. The maximum absolute atomic E-state index is 12.1. The van der Waals surface area contributed by atoms with Gasteiger partial charge in [0.05, 0.1) is 4.88 Å². The molecule has 1 aromatic carbocycles. The van der Waals surface area contributed by atoms with Gasteiger partial charge in [-0.15, -0.1) is 11.3 Å². The molecule has 0 atom stereocenters. The van der Waals surface area contributed by atoms with Crippen LogP contribution in [0, 0.1) is 0 Å². The molecule has 0 radical (unpaired) electrons. The molecule has 0 unspecified atom stereocenters. The van der Waals surface area contributed by atoms with Crippen LogP contribution in [0.4, 0.5) is 0 Å².